The summed E-state index contributed by atoms with van der Waals surface area (Å²) in [6.07, 6.45) is 1.63. The second-order valence-electron chi connectivity index (χ2n) is 7.53. The maximum absolute atomic E-state index is 13.3. The van der Waals surface area contributed by atoms with Gasteiger partial charge in [0.1, 0.15) is 0 Å². The summed E-state index contributed by atoms with van der Waals surface area (Å²) in [6.45, 7) is 4.44. The van der Waals surface area contributed by atoms with Gasteiger partial charge in [0.25, 0.3) is 12.3 Å². The zero-order chi connectivity index (χ0) is 17.4. The zero-order valence-corrected chi connectivity index (χ0v) is 14.1. The molecule has 5 nitrogen and oxygen atoms in total. The fourth-order valence-electron chi connectivity index (χ4n) is 4.36. The first kappa shape index (κ1) is 17.3. The number of nitrogens with one attached hydrogen (secondary N) is 1. The Bertz CT molecular complexity index is 603. The van der Waals surface area contributed by atoms with E-state index in [4.69, 9.17) is 0 Å². The molecular formula is C17H25F2N3O2. The number of aromatic nitrogens is 2. The average Bonchev–Trinajstić information content (AvgIpc) is 3.20. The molecule has 1 amide bonds. The van der Waals surface area contributed by atoms with Crippen molar-refractivity contribution < 1.29 is 18.7 Å². The van der Waals surface area contributed by atoms with E-state index in [0.29, 0.717) is 18.4 Å². The minimum atomic E-state index is -2.74. The van der Waals surface area contributed by atoms with E-state index in [1.54, 1.807) is 0 Å². The second-order valence-corrected chi connectivity index (χ2v) is 7.53. The Labute approximate surface area is 140 Å². The first-order valence-corrected chi connectivity index (χ1v) is 8.68. The number of amides is 1. The zero-order valence-electron chi connectivity index (χ0n) is 14.1. The Morgan fingerprint density at radius 3 is 2.75 bits per heavy atom. The molecule has 1 heterocycles. The van der Waals surface area contributed by atoms with Gasteiger partial charge in [0.2, 0.25) is 0 Å². The van der Waals surface area contributed by atoms with Crippen LogP contribution in [-0.2, 0) is 6.54 Å². The van der Waals surface area contributed by atoms with E-state index < -0.39 is 12.3 Å². The normalized spacial score (nSPS) is 29.0. The minimum absolute atomic E-state index is 0.0234. The van der Waals surface area contributed by atoms with Crippen LogP contribution in [0.2, 0.25) is 0 Å². The van der Waals surface area contributed by atoms with Crippen LogP contribution in [0.4, 0.5) is 8.78 Å². The number of hydrogen-bond acceptors (Lipinski definition) is 3. The molecule has 2 saturated carbocycles. The van der Waals surface area contributed by atoms with Gasteiger partial charge in [-0.3, -0.25) is 9.48 Å². The number of alkyl halides is 2. The van der Waals surface area contributed by atoms with Crippen LogP contribution in [0.5, 0.6) is 0 Å². The lowest BCUT2D eigenvalue weighted by Gasteiger charge is -2.30. The maximum atomic E-state index is 13.3. The van der Waals surface area contributed by atoms with Crippen molar-refractivity contribution in [1.29, 1.82) is 0 Å². The van der Waals surface area contributed by atoms with Crippen LogP contribution in [-0.4, -0.2) is 33.4 Å². The van der Waals surface area contributed by atoms with Crippen molar-refractivity contribution in [1.82, 2.24) is 15.1 Å². The van der Waals surface area contributed by atoms with E-state index in [2.05, 4.69) is 10.4 Å². The van der Waals surface area contributed by atoms with Crippen molar-refractivity contribution in [3.63, 3.8) is 0 Å². The van der Waals surface area contributed by atoms with Gasteiger partial charge in [0.05, 0.1) is 5.56 Å². The summed E-state index contributed by atoms with van der Waals surface area (Å²) in [5, 5.41) is 16.6. The molecule has 1 aromatic heterocycles. The van der Waals surface area contributed by atoms with Crippen LogP contribution >= 0.6 is 0 Å². The van der Waals surface area contributed by atoms with Crippen LogP contribution in [0.3, 0.4) is 0 Å². The highest BCUT2D eigenvalue weighted by molar-refractivity contribution is 5.94. The van der Waals surface area contributed by atoms with Gasteiger partial charge < -0.3 is 10.4 Å². The molecule has 3 rings (SSSR count). The molecule has 0 aromatic carbocycles. The first-order valence-electron chi connectivity index (χ1n) is 8.68. The summed E-state index contributed by atoms with van der Waals surface area (Å²) in [5.74, 6) is 0.488. The third-order valence-corrected chi connectivity index (χ3v) is 5.39. The van der Waals surface area contributed by atoms with Crippen LogP contribution in [0, 0.1) is 23.7 Å². The molecule has 24 heavy (non-hydrogen) atoms. The summed E-state index contributed by atoms with van der Waals surface area (Å²) in [4.78, 5) is 12.6. The van der Waals surface area contributed by atoms with Gasteiger partial charge >= 0.3 is 0 Å². The number of halogens is 2. The summed E-state index contributed by atoms with van der Waals surface area (Å²) in [6, 6.07) is -0.137. The van der Waals surface area contributed by atoms with Crippen molar-refractivity contribution in [3.8, 4) is 0 Å². The third kappa shape index (κ3) is 3.18. The Morgan fingerprint density at radius 1 is 1.42 bits per heavy atom. The summed E-state index contributed by atoms with van der Waals surface area (Å²) >= 11 is 0. The van der Waals surface area contributed by atoms with Crippen molar-refractivity contribution >= 4 is 5.91 Å². The fourth-order valence-corrected chi connectivity index (χ4v) is 4.36. The summed E-state index contributed by atoms with van der Waals surface area (Å²) < 4.78 is 28.0. The largest absolute Gasteiger partial charge is 0.396 e. The van der Waals surface area contributed by atoms with E-state index in [0.717, 1.165) is 19.3 Å². The van der Waals surface area contributed by atoms with Gasteiger partial charge in [-0.05, 0) is 37.0 Å². The van der Waals surface area contributed by atoms with Crippen molar-refractivity contribution in [2.24, 2.45) is 23.7 Å². The second kappa shape index (κ2) is 6.78. The quantitative estimate of drug-likeness (QED) is 0.836. The van der Waals surface area contributed by atoms with Crippen molar-refractivity contribution in [2.45, 2.75) is 52.1 Å². The standard InChI is InChI=1S/C17H25F2N3O2/c1-9(2)6-22-7-12(16(18)19)15(21-22)17(24)20-14-11-4-3-10(5-11)13(14)8-23/h7,9-11,13-14,16,23H,3-6,8H2,1-2H3,(H,20,24). The van der Waals surface area contributed by atoms with Gasteiger partial charge in [-0.25, -0.2) is 8.78 Å². The molecule has 1 aromatic rings. The molecule has 0 radical (unpaired) electrons. The Hall–Kier alpha value is -1.50. The molecule has 2 aliphatic rings. The minimum Gasteiger partial charge on any atom is -0.396 e. The molecule has 0 aliphatic heterocycles. The number of aliphatic hydroxyl groups excluding tert-OH is 1. The first-order chi connectivity index (χ1) is 11.4. The van der Waals surface area contributed by atoms with Crippen LogP contribution < -0.4 is 5.32 Å². The number of fused-ring (bicyclic) bond motifs is 2. The SMILES string of the molecule is CC(C)Cn1cc(C(F)F)c(C(=O)NC2C3CCC(C3)C2CO)n1. The number of nitrogens with zero attached hydrogens (tertiary/aromatic N) is 2. The number of aliphatic hydroxyl groups is 1. The molecule has 0 spiro atoms. The number of carbonyl (C=O) groups is 1. The van der Waals surface area contributed by atoms with Gasteiger partial charge in [-0.2, -0.15) is 5.10 Å². The number of rotatable bonds is 6. The van der Waals surface area contributed by atoms with Crippen molar-refractivity contribution in [2.75, 3.05) is 6.61 Å². The smallest absolute Gasteiger partial charge is 0.272 e. The summed E-state index contributed by atoms with van der Waals surface area (Å²) in [5.41, 5.74) is -0.512. The van der Waals surface area contributed by atoms with Gasteiger partial charge in [-0.15, -0.1) is 0 Å². The number of carbonyl (C=O) groups excluding carboxylic acids is 1. The predicted octanol–water partition coefficient (Wildman–Crippen LogP) is 2.61. The van der Waals surface area contributed by atoms with Crippen LogP contribution in [0.1, 0.15) is 55.6 Å². The molecule has 0 saturated heterocycles. The molecule has 7 heteroatoms. The van der Waals surface area contributed by atoms with E-state index in [1.807, 2.05) is 13.8 Å². The Morgan fingerprint density at radius 2 is 2.12 bits per heavy atom. The monoisotopic (exact) mass is 341 g/mol. The van der Waals surface area contributed by atoms with Gasteiger partial charge in [0, 0.05) is 31.3 Å². The van der Waals surface area contributed by atoms with E-state index in [9.17, 15) is 18.7 Å². The lowest BCUT2D eigenvalue weighted by atomic mass is 9.85. The van der Waals surface area contributed by atoms with E-state index in [-0.39, 0.29) is 35.7 Å². The molecule has 2 N–H and O–H groups in total. The fraction of sp³-hybridized carbons (Fsp3) is 0.765. The van der Waals surface area contributed by atoms with Crippen LogP contribution in [0.25, 0.3) is 0 Å². The average molecular weight is 341 g/mol. The molecule has 4 unspecified atom stereocenters. The van der Waals surface area contributed by atoms with E-state index >= 15 is 0 Å². The topological polar surface area (TPSA) is 67.2 Å². The summed E-state index contributed by atoms with van der Waals surface area (Å²) in [7, 11) is 0. The highest BCUT2D eigenvalue weighted by Gasteiger charge is 2.48. The predicted molar refractivity (Wildman–Crippen MR) is 84.7 cm³/mol. The van der Waals surface area contributed by atoms with Gasteiger partial charge in [0.15, 0.2) is 5.69 Å². The molecule has 2 bridgehead atoms. The highest BCUT2D eigenvalue weighted by atomic mass is 19.3. The molecule has 2 fully saturated rings. The van der Waals surface area contributed by atoms with Crippen molar-refractivity contribution in [3.05, 3.63) is 17.5 Å². The number of hydrogen-bond donors (Lipinski definition) is 2. The molecular weight excluding hydrogens is 316 g/mol. The Kier molecular flexibility index (Phi) is 4.90. The lowest BCUT2D eigenvalue weighted by Crippen LogP contribution is -2.45. The third-order valence-electron chi connectivity index (χ3n) is 5.39. The van der Waals surface area contributed by atoms with Crippen LogP contribution in [0.15, 0.2) is 6.20 Å². The van der Waals surface area contributed by atoms with Gasteiger partial charge in [-0.1, -0.05) is 13.8 Å². The maximum Gasteiger partial charge on any atom is 0.272 e. The molecule has 134 valence electrons. The molecule has 2 aliphatic carbocycles. The molecule has 4 atom stereocenters. The lowest BCUT2D eigenvalue weighted by molar-refractivity contribution is 0.0844. The Balaban J connectivity index is 1.78. The van der Waals surface area contributed by atoms with E-state index in [1.165, 1.54) is 10.9 Å². The highest BCUT2D eigenvalue weighted by Crippen LogP contribution is 2.48.